The van der Waals surface area contributed by atoms with Crippen molar-refractivity contribution in [3.05, 3.63) is 233 Å². The van der Waals surface area contributed by atoms with Gasteiger partial charge in [-0.25, -0.2) is 9.98 Å². The predicted molar refractivity (Wildman–Crippen MR) is 228 cm³/mol. The molecule has 0 saturated heterocycles. The third-order valence-electron chi connectivity index (χ3n) is 10.3. The molecule has 0 amide bonds. The maximum atomic E-state index is 5.05. The molecule has 8 rings (SSSR count). The summed E-state index contributed by atoms with van der Waals surface area (Å²) in [6, 6.07) is 45.4. The van der Waals surface area contributed by atoms with E-state index in [4.69, 9.17) is 9.98 Å². The first-order valence-corrected chi connectivity index (χ1v) is 18.5. The summed E-state index contributed by atoms with van der Waals surface area (Å²) in [5.74, 6) is 0.932. The van der Waals surface area contributed by atoms with Crippen LogP contribution in [0.1, 0.15) is 36.1 Å². The summed E-state index contributed by atoms with van der Waals surface area (Å²) in [4.78, 5) is 14.3. The number of amidine groups is 1. The molecule has 1 aromatic heterocycles. The van der Waals surface area contributed by atoms with Crippen LogP contribution in [0.4, 0.5) is 0 Å². The van der Waals surface area contributed by atoms with Gasteiger partial charge in [0.25, 0.3) is 0 Å². The van der Waals surface area contributed by atoms with Gasteiger partial charge in [0.1, 0.15) is 0 Å². The fourth-order valence-electron chi connectivity index (χ4n) is 7.58. The first-order chi connectivity index (χ1) is 26.6. The lowest BCUT2D eigenvalue weighted by Crippen LogP contribution is -2.40. The average Bonchev–Trinajstić information content (AvgIpc) is 3.23. The highest BCUT2D eigenvalue weighted by atomic mass is 14.9. The molecule has 1 unspecified atom stereocenters. The van der Waals surface area contributed by atoms with Gasteiger partial charge in [0.15, 0.2) is 5.84 Å². The topological polar surface area (TPSA) is 37.6 Å². The van der Waals surface area contributed by atoms with E-state index in [0.717, 1.165) is 33.4 Å². The Hall–Kier alpha value is -6.71. The van der Waals surface area contributed by atoms with Gasteiger partial charge in [0, 0.05) is 36.0 Å². The zero-order valence-electron chi connectivity index (χ0n) is 30.6. The lowest BCUT2D eigenvalue weighted by atomic mass is 9.69. The van der Waals surface area contributed by atoms with Gasteiger partial charge < -0.3 is 0 Å². The van der Waals surface area contributed by atoms with E-state index in [9.17, 15) is 0 Å². The number of aliphatic imine (C=N–C) groups is 2. The van der Waals surface area contributed by atoms with Crippen LogP contribution in [0.25, 0.3) is 33.0 Å². The maximum Gasteiger partial charge on any atom is 0.159 e. The molecule has 54 heavy (non-hydrogen) atoms. The average molecular weight is 696 g/mol. The fraction of sp³-hybridized carbons (Fsp3) is 0.0784. The standard InChI is InChI=1S/C51H41N3/c1-4-5-15-35(2)36(3)54-51(53-33-37-27-29-38(30-28-37)42-20-14-31-52-34-42)41-19-12-18-40(32-41)49-45-22-8-10-24-47(45)50(48-25-11-9-23-46(48)49)44-26-13-17-39-16-6-7-21-43(39)44/h4-34,45,47H,3H2,1-2H3/b5-4-,35-15+,53-33+,54-51-/t45?,47-/m0/s1. The molecular formula is C51H41N3. The molecule has 2 atom stereocenters. The number of allylic oxidation sites excluding steroid dienone is 8. The second kappa shape index (κ2) is 15.5. The Labute approximate surface area is 317 Å². The van der Waals surface area contributed by atoms with E-state index in [1.165, 1.54) is 37.9 Å². The van der Waals surface area contributed by atoms with Crippen molar-refractivity contribution in [2.45, 2.75) is 13.8 Å². The van der Waals surface area contributed by atoms with Crippen molar-refractivity contribution in [1.82, 2.24) is 4.98 Å². The van der Waals surface area contributed by atoms with Crippen molar-refractivity contribution in [2.75, 3.05) is 0 Å². The van der Waals surface area contributed by atoms with E-state index in [1.807, 2.05) is 50.6 Å². The summed E-state index contributed by atoms with van der Waals surface area (Å²) in [7, 11) is 0. The predicted octanol–water partition coefficient (Wildman–Crippen LogP) is 10.6. The maximum absolute atomic E-state index is 5.05. The SMILES string of the molecule is C=C(/N=C(\N=C\c1ccc(-c2cccnc2)cc1)c1cccc(C2=c3ccccc3=C(c3cccc4ccccc34)[C@H]3C=CC=CC23)c1)/C(C)=C/C=C\C. The Bertz CT molecular complexity index is 2680. The van der Waals surface area contributed by atoms with Crippen molar-refractivity contribution in [3.63, 3.8) is 0 Å². The monoisotopic (exact) mass is 695 g/mol. The van der Waals surface area contributed by atoms with Gasteiger partial charge in [0.05, 0.1) is 5.70 Å². The van der Waals surface area contributed by atoms with Crippen LogP contribution in [0.5, 0.6) is 0 Å². The van der Waals surface area contributed by atoms with Crippen LogP contribution in [0.2, 0.25) is 0 Å². The molecule has 0 aliphatic heterocycles. The second-order valence-electron chi connectivity index (χ2n) is 13.7. The molecule has 260 valence electrons. The van der Waals surface area contributed by atoms with Crippen LogP contribution in [0, 0.1) is 11.8 Å². The highest BCUT2D eigenvalue weighted by molar-refractivity contribution is 6.06. The van der Waals surface area contributed by atoms with Gasteiger partial charge in [-0.1, -0.05) is 164 Å². The highest BCUT2D eigenvalue weighted by Gasteiger charge is 2.32. The summed E-state index contributed by atoms with van der Waals surface area (Å²) >= 11 is 0. The van der Waals surface area contributed by atoms with Crippen molar-refractivity contribution in [3.8, 4) is 11.1 Å². The highest BCUT2D eigenvalue weighted by Crippen LogP contribution is 2.42. The molecular weight excluding hydrogens is 655 g/mol. The Kier molecular flexibility index (Phi) is 9.86. The number of fused-ring (bicyclic) bond motifs is 3. The lowest BCUT2D eigenvalue weighted by Gasteiger charge is -2.33. The third kappa shape index (κ3) is 6.92. The summed E-state index contributed by atoms with van der Waals surface area (Å²) in [5, 5.41) is 5.06. The van der Waals surface area contributed by atoms with Crippen molar-refractivity contribution >= 4 is 34.0 Å². The Morgan fingerprint density at radius 2 is 1.41 bits per heavy atom. The molecule has 3 nitrogen and oxygen atoms in total. The van der Waals surface area contributed by atoms with E-state index >= 15 is 0 Å². The number of benzene rings is 5. The molecule has 1 heterocycles. The summed E-state index contributed by atoms with van der Waals surface area (Å²) < 4.78 is 0. The molecule has 0 spiro atoms. The van der Waals surface area contributed by atoms with E-state index in [-0.39, 0.29) is 11.8 Å². The molecule has 0 radical (unpaired) electrons. The van der Waals surface area contributed by atoms with E-state index in [2.05, 4.69) is 157 Å². The van der Waals surface area contributed by atoms with Crippen LogP contribution < -0.4 is 10.4 Å². The van der Waals surface area contributed by atoms with Gasteiger partial charge in [-0.3, -0.25) is 4.98 Å². The second-order valence-corrected chi connectivity index (χ2v) is 13.7. The molecule has 0 N–H and O–H groups in total. The van der Waals surface area contributed by atoms with Crippen LogP contribution in [-0.4, -0.2) is 17.0 Å². The molecule has 0 fully saturated rings. The van der Waals surface area contributed by atoms with E-state index in [0.29, 0.717) is 11.5 Å². The minimum Gasteiger partial charge on any atom is -0.264 e. The van der Waals surface area contributed by atoms with Gasteiger partial charge in [-0.2, -0.15) is 0 Å². The smallest absolute Gasteiger partial charge is 0.159 e. The number of hydrogen-bond acceptors (Lipinski definition) is 2. The zero-order valence-corrected chi connectivity index (χ0v) is 30.6. The number of pyridine rings is 1. The van der Waals surface area contributed by atoms with Gasteiger partial charge >= 0.3 is 0 Å². The van der Waals surface area contributed by atoms with Crippen LogP contribution >= 0.6 is 0 Å². The van der Waals surface area contributed by atoms with Gasteiger partial charge in [0.2, 0.25) is 0 Å². The number of nitrogens with zero attached hydrogens (tertiary/aromatic N) is 3. The molecule has 2 aliphatic carbocycles. The van der Waals surface area contributed by atoms with Crippen LogP contribution in [-0.2, 0) is 0 Å². The number of hydrogen-bond donors (Lipinski definition) is 0. The summed E-state index contributed by atoms with van der Waals surface area (Å²) in [5.41, 5.74) is 10.9. The number of aromatic nitrogens is 1. The Balaban J connectivity index is 1.27. The number of rotatable bonds is 8. The van der Waals surface area contributed by atoms with E-state index in [1.54, 1.807) is 6.20 Å². The first kappa shape index (κ1) is 34.4. The molecule has 5 aromatic carbocycles. The van der Waals surface area contributed by atoms with Crippen molar-refractivity contribution in [1.29, 1.82) is 0 Å². The van der Waals surface area contributed by atoms with Crippen LogP contribution in [0.15, 0.2) is 210 Å². The Morgan fingerprint density at radius 1 is 0.704 bits per heavy atom. The molecule has 2 aliphatic rings. The third-order valence-corrected chi connectivity index (χ3v) is 10.3. The van der Waals surface area contributed by atoms with Crippen LogP contribution in [0.3, 0.4) is 0 Å². The fourth-order valence-corrected chi connectivity index (χ4v) is 7.58. The molecule has 3 heteroatoms. The first-order valence-electron chi connectivity index (χ1n) is 18.5. The molecule has 0 bridgehead atoms. The minimum atomic E-state index is 0.150. The van der Waals surface area contributed by atoms with E-state index < -0.39 is 0 Å². The normalized spacial score (nSPS) is 17.0. The summed E-state index contributed by atoms with van der Waals surface area (Å²) in [6.45, 7) is 8.37. The minimum absolute atomic E-state index is 0.150. The zero-order chi connectivity index (χ0) is 36.9. The Morgan fingerprint density at radius 3 is 2.19 bits per heavy atom. The summed E-state index contributed by atoms with van der Waals surface area (Å²) in [6.07, 6.45) is 20.7. The van der Waals surface area contributed by atoms with Gasteiger partial charge in [-0.15, -0.1) is 0 Å². The molecule has 0 saturated carbocycles. The van der Waals surface area contributed by atoms with Crippen molar-refractivity contribution in [2.24, 2.45) is 21.8 Å². The van der Waals surface area contributed by atoms with Gasteiger partial charge in [-0.05, 0) is 91.7 Å². The lowest BCUT2D eigenvalue weighted by molar-refractivity contribution is 0.687. The molecule has 6 aromatic rings. The van der Waals surface area contributed by atoms with Crippen molar-refractivity contribution < 1.29 is 0 Å². The quantitative estimate of drug-likeness (QED) is 0.0887. The largest absolute Gasteiger partial charge is 0.264 e.